The average Bonchev–Trinajstić information content (AvgIpc) is 2.79. The zero-order valence-corrected chi connectivity index (χ0v) is 14.8. The van der Waals surface area contributed by atoms with Gasteiger partial charge in [-0.05, 0) is 28.9 Å². The van der Waals surface area contributed by atoms with Crippen LogP contribution in [0.5, 0.6) is 0 Å². The van der Waals surface area contributed by atoms with E-state index < -0.39 is 0 Å². The number of halogens is 1. The maximum absolute atomic E-state index is 12.1. The van der Waals surface area contributed by atoms with Gasteiger partial charge in [-0.3, -0.25) is 9.59 Å². The number of nitrogens with zero attached hydrogens (tertiary/aromatic N) is 1. The SMILES string of the molecule is COCCNC(=O)CNC(=O)Cn1c(C)c(Br)c2ccccc21. The molecule has 2 aromatic rings. The molecule has 0 aliphatic carbocycles. The molecule has 0 aliphatic heterocycles. The number of carbonyl (C=O) groups is 2. The second kappa shape index (κ2) is 8.12. The molecule has 2 amide bonds. The second-order valence-corrected chi connectivity index (χ2v) is 5.92. The first kappa shape index (κ1) is 17.5. The number of nitrogens with one attached hydrogen (secondary N) is 2. The summed E-state index contributed by atoms with van der Waals surface area (Å²) in [4.78, 5) is 23.7. The molecule has 0 radical (unpaired) electrons. The van der Waals surface area contributed by atoms with Crippen LogP contribution in [0.4, 0.5) is 0 Å². The lowest BCUT2D eigenvalue weighted by Crippen LogP contribution is -2.39. The first-order chi connectivity index (χ1) is 11.0. The van der Waals surface area contributed by atoms with E-state index in [1.807, 2.05) is 35.8 Å². The van der Waals surface area contributed by atoms with Crippen LogP contribution < -0.4 is 10.6 Å². The van der Waals surface area contributed by atoms with Gasteiger partial charge >= 0.3 is 0 Å². The highest BCUT2D eigenvalue weighted by atomic mass is 79.9. The molecule has 6 nitrogen and oxygen atoms in total. The van der Waals surface area contributed by atoms with Crippen molar-refractivity contribution in [2.24, 2.45) is 0 Å². The Hall–Kier alpha value is -1.86. The molecule has 0 fully saturated rings. The van der Waals surface area contributed by atoms with Crippen LogP contribution in [-0.4, -0.2) is 43.2 Å². The molecular weight excluding hydrogens is 362 g/mol. The summed E-state index contributed by atoms with van der Waals surface area (Å²) >= 11 is 3.56. The number of fused-ring (bicyclic) bond motifs is 1. The third-order valence-corrected chi connectivity index (χ3v) is 4.53. The van der Waals surface area contributed by atoms with E-state index in [1.165, 1.54) is 0 Å². The molecular formula is C16H20BrN3O3. The van der Waals surface area contributed by atoms with E-state index in [-0.39, 0.29) is 24.9 Å². The maximum Gasteiger partial charge on any atom is 0.240 e. The minimum absolute atomic E-state index is 0.0397. The number of aromatic nitrogens is 1. The van der Waals surface area contributed by atoms with E-state index in [1.54, 1.807) is 7.11 Å². The fraction of sp³-hybridized carbons (Fsp3) is 0.375. The van der Waals surface area contributed by atoms with Gasteiger partial charge in [-0.25, -0.2) is 0 Å². The van der Waals surface area contributed by atoms with Crippen molar-refractivity contribution in [2.75, 3.05) is 26.8 Å². The number of carbonyl (C=O) groups excluding carboxylic acids is 2. The van der Waals surface area contributed by atoms with Gasteiger partial charge in [-0.2, -0.15) is 0 Å². The van der Waals surface area contributed by atoms with E-state index in [0.717, 1.165) is 21.1 Å². The molecule has 0 saturated heterocycles. The Bertz CT molecular complexity index is 712. The number of hydrogen-bond donors (Lipinski definition) is 2. The number of amides is 2. The normalized spacial score (nSPS) is 10.7. The summed E-state index contributed by atoms with van der Waals surface area (Å²) in [5, 5.41) is 6.35. The molecule has 2 N–H and O–H groups in total. The molecule has 0 spiro atoms. The predicted molar refractivity (Wildman–Crippen MR) is 92.3 cm³/mol. The van der Waals surface area contributed by atoms with Crippen LogP contribution in [0.15, 0.2) is 28.7 Å². The fourth-order valence-electron chi connectivity index (χ4n) is 2.33. The molecule has 2 rings (SSSR count). The lowest BCUT2D eigenvalue weighted by atomic mass is 10.2. The first-order valence-electron chi connectivity index (χ1n) is 7.30. The van der Waals surface area contributed by atoms with Gasteiger partial charge in [-0.1, -0.05) is 18.2 Å². The van der Waals surface area contributed by atoms with E-state index in [9.17, 15) is 9.59 Å². The third-order valence-electron chi connectivity index (χ3n) is 3.53. The molecule has 1 heterocycles. The number of benzene rings is 1. The lowest BCUT2D eigenvalue weighted by Gasteiger charge is -2.09. The van der Waals surface area contributed by atoms with Crippen molar-refractivity contribution in [2.45, 2.75) is 13.5 Å². The highest BCUT2D eigenvalue weighted by Crippen LogP contribution is 2.30. The second-order valence-electron chi connectivity index (χ2n) is 5.12. The van der Waals surface area contributed by atoms with Crippen molar-refractivity contribution >= 4 is 38.6 Å². The van der Waals surface area contributed by atoms with Crippen molar-refractivity contribution in [1.29, 1.82) is 0 Å². The molecule has 0 unspecified atom stereocenters. The number of methoxy groups -OCH3 is 1. The number of hydrogen-bond acceptors (Lipinski definition) is 3. The predicted octanol–water partition coefficient (Wildman–Crippen LogP) is 1.59. The summed E-state index contributed by atoms with van der Waals surface area (Å²) in [7, 11) is 1.57. The summed E-state index contributed by atoms with van der Waals surface area (Å²) in [6, 6.07) is 7.87. The van der Waals surface area contributed by atoms with E-state index >= 15 is 0 Å². The van der Waals surface area contributed by atoms with Crippen LogP contribution in [0.1, 0.15) is 5.69 Å². The highest BCUT2D eigenvalue weighted by Gasteiger charge is 2.14. The van der Waals surface area contributed by atoms with Gasteiger partial charge in [0.1, 0.15) is 6.54 Å². The van der Waals surface area contributed by atoms with E-state index in [4.69, 9.17) is 4.74 Å². The minimum atomic E-state index is -0.231. The van der Waals surface area contributed by atoms with Gasteiger partial charge in [0.15, 0.2) is 0 Å². The smallest absolute Gasteiger partial charge is 0.240 e. The Labute approximate surface area is 143 Å². The summed E-state index contributed by atoms with van der Waals surface area (Å²) in [5.41, 5.74) is 1.96. The van der Waals surface area contributed by atoms with Crippen LogP contribution in [-0.2, 0) is 20.9 Å². The molecule has 0 bridgehead atoms. The summed E-state index contributed by atoms with van der Waals surface area (Å²) < 4.78 is 7.76. The molecule has 1 aromatic carbocycles. The van der Waals surface area contributed by atoms with Crippen molar-refractivity contribution in [3.05, 3.63) is 34.4 Å². The largest absolute Gasteiger partial charge is 0.383 e. The van der Waals surface area contributed by atoms with Crippen molar-refractivity contribution in [1.82, 2.24) is 15.2 Å². The standard InChI is InChI=1S/C16H20BrN3O3/c1-11-16(17)12-5-3-4-6-13(12)20(11)10-15(22)19-9-14(21)18-7-8-23-2/h3-6H,7-10H2,1-2H3,(H,18,21)(H,19,22). The van der Waals surface area contributed by atoms with E-state index in [2.05, 4.69) is 26.6 Å². The van der Waals surface area contributed by atoms with Crippen molar-refractivity contribution in [3.63, 3.8) is 0 Å². The molecule has 124 valence electrons. The zero-order chi connectivity index (χ0) is 16.8. The van der Waals surface area contributed by atoms with Gasteiger partial charge in [0, 0.05) is 34.7 Å². The van der Waals surface area contributed by atoms with Crippen LogP contribution in [0, 0.1) is 6.92 Å². The quantitative estimate of drug-likeness (QED) is 0.715. The van der Waals surface area contributed by atoms with Gasteiger partial charge in [0.25, 0.3) is 0 Å². The Morgan fingerprint density at radius 3 is 2.70 bits per heavy atom. The zero-order valence-electron chi connectivity index (χ0n) is 13.2. The number of para-hydroxylation sites is 1. The first-order valence-corrected chi connectivity index (χ1v) is 8.09. The average molecular weight is 382 g/mol. The van der Waals surface area contributed by atoms with Crippen molar-refractivity contribution in [3.8, 4) is 0 Å². The Morgan fingerprint density at radius 2 is 1.96 bits per heavy atom. The third kappa shape index (κ3) is 4.33. The van der Waals surface area contributed by atoms with Crippen LogP contribution >= 0.6 is 15.9 Å². The van der Waals surface area contributed by atoms with E-state index in [0.29, 0.717) is 13.2 Å². The maximum atomic E-state index is 12.1. The Balaban J connectivity index is 1.96. The van der Waals surface area contributed by atoms with Crippen LogP contribution in [0.2, 0.25) is 0 Å². The molecule has 1 aromatic heterocycles. The Kier molecular flexibility index (Phi) is 6.18. The van der Waals surface area contributed by atoms with Gasteiger partial charge in [0.05, 0.1) is 13.2 Å². The monoisotopic (exact) mass is 381 g/mol. The van der Waals surface area contributed by atoms with Gasteiger partial charge < -0.3 is 19.9 Å². The summed E-state index contributed by atoms with van der Waals surface area (Å²) in [6.07, 6.45) is 0. The molecule has 0 aliphatic rings. The minimum Gasteiger partial charge on any atom is -0.383 e. The topological polar surface area (TPSA) is 72.4 Å². The van der Waals surface area contributed by atoms with Crippen molar-refractivity contribution < 1.29 is 14.3 Å². The van der Waals surface area contributed by atoms with Crippen LogP contribution in [0.25, 0.3) is 10.9 Å². The summed E-state index contributed by atoms with van der Waals surface area (Å²) in [6.45, 7) is 2.96. The molecule has 7 heteroatoms. The number of rotatable bonds is 7. The summed E-state index contributed by atoms with van der Waals surface area (Å²) in [5.74, 6) is -0.436. The fourth-order valence-corrected chi connectivity index (χ4v) is 2.88. The molecule has 0 saturated carbocycles. The molecule has 0 atom stereocenters. The van der Waals surface area contributed by atoms with Crippen LogP contribution in [0.3, 0.4) is 0 Å². The Morgan fingerprint density at radius 1 is 1.22 bits per heavy atom. The highest BCUT2D eigenvalue weighted by molar-refractivity contribution is 9.10. The lowest BCUT2D eigenvalue weighted by molar-refractivity contribution is -0.126. The van der Waals surface area contributed by atoms with Gasteiger partial charge in [-0.15, -0.1) is 0 Å². The number of ether oxygens (including phenoxy) is 1. The molecule has 23 heavy (non-hydrogen) atoms. The van der Waals surface area contributed by atoms with Gasteiger partial charge in [0.2, 0.25) is 11.8 Å².